The van der Waals surface area contributed by atoms with Gasteiger partial charge in [-0.1, -0.05) is 36.7 Å². The number of nitrogens with zero attached hydrogens (tertiary/aromatic N) is 1. The maximum atomic E-state index is 11.9. The first-order valence-electron chi connectivity index (χ1n) is 5.20. The second-order valence-corrected chi connectivity index (χ2v) is 6.41. The summed E-state index contributed by atoms with van der Waals surface area (Å²) in [4.78, 5) is 16.5. The van der Waals surface area contributed by atoms with Gasteiger partial charge in [0.25, 0.3) is 5.91 Å². The second kappa shape index (κ2) is 5.77. The first kappa shape index (κ1) is 13.6. The number of hydrogen-bond donors (Lipinski definition) is 1. The Morgan fingerprint density at radius 3 is 2.75 bits per heavy atom. The zero-order valence-electron chi connectivity index (χ0n) is 9.79. The van der Waals surface area contributed by atoms with Gasteiger partial charge in [0.2, 0.25) is 0 Å². The Morgan fingerprint density at radius 1 is 1.62 bits per heavy atom. The fourth-order valence-electron chi connectivity index (χ4n) is 1.39. The number of halogens is 1. The van der Waals surface area contributed by atoms with Gasteiger partial charge in [0, 0.05) is 11.4 Å². The molecule has 1 heterocycles. The van der Waals surface area contributed by atoms with Crippen LogP contribution < -0.4 is 5.32 Å². The quantitative estimate of drug-likeness (QED) is 0.869. The van der Waals surface area contributed by atoms with Gasteiger partial charge in [-0.25, -0.2) is 0 Å². The third-order valence-electron chi connectivity index (χ3n) is 2.40. The molecular formula is C11H17BrN2OS. The summed E-state index contributed by atoms with van der Waals surface area (Å²) >= 11 is 4.79. The van der Waals surface area contributed by atoms with Crippen molar-refractivity contribution in [3.8, 4) is 0 Å². The lowest BCUT2D eigenvalue weighted by atomic mass is 9.85. The monoisotopic (exact) mass is 304 g/mol. The predicted octanol–water partition coefficient (Wildman–Crippen LogP) is 3.07. The minimum Gasteiger partial charge on any atom is -0.348 e. The Morgan fingerprint density at radius 2 is 2.31 bits per heavy atom. The molecule has 0 spiro atoms. The molecule has 1 aromatic heterocycles. The third-order valence-corrected chi connectivity index (χ3v) is 3.63. The van der Waals surface area contributed by atoms with Crippen LogP contribution in [0.1, 0.15) is 36.9 Å². The van der Waals surface area contributed by atoms with Crippen LogP contribution >= 0.6 is 27.3 Å². The normalized spacial score (nSPS) is 13.5. The van der Waals surface area contributed by atoms with Crippen molar-refractivity contribution in [1.82, 2.24) is 10.3 Å². The van der Waals surface area contributed by atoms with Crippen LogP contribution in [-0.4, -0.2) is 22.3 Å². The van der Waals surface area contributed by atoms with Crippen molar-refractivity contribution < 1.29 is 4.79 Å². The van der Waals surface area contributed by atoms with Crippen molar-refractivity contribution in [2.45, 2.75) is 33.2 Å². The van der Waals surface area contributed by atoms with E-state index >= 15 is 0 Å². The van der Waals surface area contributed by atoms with E-state index in [4.69, 9.17) is 0 Å². The van der Waals surface area contributed by atoms with Crippen molar-refractivity contribution >= 4 is 33.2 Å². The fourth-order valence-corrected chi connectivity index (χ4v) is 2.37. The largest absolute Gasteiger partial charge is 0.348 e. The third kappa shape index (κ3) is 3.87. The SMILES string of the molecule is CC(C)(C)C(CCBr)NC(=O)c1cncs1. The van der Waals surface area contributed by atoms with E-state index in [-0.39, 0.29) is 17.4 Å². The molecule has 0 aliphatic rings. The summed E-state index contributed by atoms with van der Waals surface area (Å²) < 4.78 is 0. The summed E-state index contributed by atoms with van der Waals surface area (Å²) in [5.41, 5.74) is 1.74. The lowest BCUT2D eigenvalue weighted by molar-refractivity contribution is 0.0904. The smallest absolute Gasteiger partial charge is 0.263 e. The molecule has 0 aromatic carbocycles. The van der Waals surface area contributed by atoms with Crippen molar-refractivity contribution in [3.63, 3.8) is 0 Å². The molecule has 1 N–H and O–H groups in total. The summed E-state index contributed by atoms with van der Waals surface area (Å²) in [6.45, 7) is 6.40. The molecule has 1 amide bonds. The molecule has 1 atom stereocenters. The first-order chi connectivity index (χ1) is 7.45. The Labute approximate surface area is 109 Å². The minimum absolute atomic E-state index is 0.0247. The van der Waals surface area contributed by atoms with E-state index in [1.807, 2.05) is 0 Å². The molecule has 1 aromatic rings. The van der Waals surface area contributed by atoms with E-state index in [2.05, 4.69) is 47.0 Å². The summed E-state index contributed by atoms with van der Waals surface area (Å²) in [5, 5.41) is 3.95. The van der Waals surface area contributed by atoms with Crippen LogP contribution in [0.15, 0.2) is 11.7 Å². The van der Waals surface area contributed by atoms with Gasteiger partial charge in [-0.2, -0.15) is 0 Å². The molecule has 1 rings (SSSR count). The van der Waals surface area contributed by atoms with Crippen LogP contribution in [0.4, 0.5) is 0 Å². The highest BCUT2D eigenvalue weighted by Crippen LogP contribution is 2.23. The first-order valence-corrected chi connectivity index (χ1v) is 7.20. The highest BCUT2D eigenvalue weighted by molar-refractivity contribution is 9.09. The number of hydrogen-bond acceptors (Lipinski definition) is 3. The minimum atomic E-state index is -0.0247. The number of nitrogens with one attached hydrogen (secondary N) is 1. The topological polar surface area (TPSA) is 42.0 Å². The summed E-state index contributed by atoms with van der Waals surface area (Å²) in [6, 6.07) is 0.168. The molecule has 5 heteroatoms. The Balaban J connectivity index is 2.66. The van der Waals surface area contributed by atoms with Crippen LogP contribution in [0.2, 0.25) is 0 Å². The lowest BCUT2D eigenvalue weighted by Gasteiger charge is -2.30. The van der Waals surface area contributed by atoms with Gasteiger partial charge in [0.15, 0.2) is 0 Å². The highest BCUT2D eigenvalue weighted by Gasteiger charge is 2.26. The Hall–Kier alpha value is -0.420. The molecule has 0 bridgehead atoms. The van der Waals surface area contributed by atoms with Crippen LogP contribution in [-0.2, 0) is 0 Å². The molecule has 3 nitrogen and oxygen atoms in total. The van der Waals surface area contributed by atoms with Gasteiger partial charge in [0.1, 0.15) is 4.88 Å². The molecule has 0 radical (unpaired) electrons. The van der Waals surface area contributed by atoms with Gasteiger partial charge >= 0.3 is 0 Å². The Bertz CT molecular complexity index is 332. The standard InChI is InChI=1S/C11H17BrN2OS/c1-11(2,3)9(4-5-12)14-10(15)8-6-13-7-16-8/h6-7,9H,4-5H2,1-3H3,(H,14,15). The van der Waals surface area contributed by atoms with Crippen molar-refractivity contribution in [2.75, 3.05) is 5.33 Å². The van der Waals surface area contributed by atoms with Crippen LogP contribution in [0.3, 0.4) is 0 Å². The van der Waals surface area contributed by atoms with E-state index in [0.717, 1.165) is 11.8 Å². The number of amides is 1. The molecule has 1 unspecified atom stereocenters. The molecule has 0 saturated carbocycles. The molecule has 90 valence electrons. The number of aromatic nitrogens is 1. The maximum absolute atomic E-state index is 11.9. The maximum Gasteiger partial charge on any atom is 0.263 e. The molecule has 0 aliphatic heterocycles. The van der Waals surface area contributed by atoms with Gasteiger partial charge in [0.05, 0.1) is 11.7 Å². The van der Waals surface area contributed by atoms with Gasteiger partial charge in [-0.05, 0) is 11.8 Å². The van der Waals surface area contributed by atoms with Crippen LogP contribution in [0.5, 0.6) is 0 Å². The number of carbonyl (C=O) groups is 1. The zero-order chi connectivity index (χ0) is 12.2. The zero-order valence-corrected chi connectivity index (χ0v) is 12.2. The van der Waals surface area contributed by atoms with Crippen molar-refractivity contribution in [3.05, 3.63) is 16.6 Å². The fraction of sp³-hybridized carbons (Fsp3) is 0.636. The van der Waals surface area contributed by atoms with Gasteiger partial charge in [-0.3, -0.25) is 9.78 Å². The van der Waals surface area contributed by atoms with E-state index in [9.17, 15) is 4.79 Å². The number of alkyl halides is 1. The van der Waals surface area contributed by atoms with E-state index < -0.39 is 0 Å². The summed E-state index contributed by atoms with van der Waals surface area (Å²) in [7, 11) is 0. The van der Waals surface area contributed by atoms with E-state index in [0.29, 0.717) is 4.88 Å². The summed E-state index contributed by atoms with van der Waals surface area (Å²) in [5.74, 6) is -0.0247. The van der Waals surface area contributed by atoms with Crippen molar-refractivity contribution in [1.29, 1.82) is 0 Å². The lowest BCUT2D eigenvalue weighted by Crippen LogP contribution is -2.43. The molecular weight excluding hydrogens is 288 g/mol. The van der Waals surface area contributed by atoms with Crippen LogP contribution in [0.25, 0.3) is 0 Å². The highest BCUT2D eigenvalue weighted by atomic mass is 79.9. The molecule has 0 fully saturated rings. The van der Waals surface area contributed by atoms with Crippen LogP contribution in [0, 0.1) is 5.41 Å². The average molecular weight is 305 g/mol. The second-order valence-electron chi connectivity index (χ2n) is 4.74. The predicted molar refractivity (Wildman–Crippen MR) is 71.2 cm³/mol. The molecule has 16 heavy (non-hydrogen) atoms. The molecule has 0 aliphatic carbocycles. The van der Waals surface area contributed by atoms with E-state index in [1.165, 1.54) is 11.3 Å². The van der Waals surface area contributed by atoms with Crippen molar-refractivity contribution in [2.24, 2.45) is 5.41 Å². The molecule has 0 saturated heterocycles. The summed E-state index contributed by atoms with van der Waals surface area (Å²) in [6.07, 6.45) is 2.53. The average Bonchev–Trinajstić information content (AvgIpc) is 2.68. The number of carbonyl (C=O) groups excluding carboxylic acids is 1. The van der Waals surface area contributed by atoms with Gasteiger partial charge < -0.3 is 5.32 Å². The Kier molecular flexibility index (Phi) is 4.92. The van der Waals surface area contributed by atoms with E-state index in [1.54, 1.807) is 11.7 Å². The number of thiazole rings is 1. The number of rotatable bonds is 4. The van der Waals surface area contributed by atoms with Gasteiger partial charge in [-0.15, -0.1) is 11.3 Å².